The predicted octanol–water partition coefficient (Wildman–Crippen LogP) is 3.04. The number of nitrogens with one attached hydrogen (secondary N) is 1. The van der Waals surface area contributed by atoms with E-state index in [9.17, 15) is 8.42 Å². The van der Waals surface area contributed by atoms with Gasteiger partial charge in [-0.15, -0.1) is 0 Å². The van der Waals surface area contributed by atoms with Crippen molar-refractivity contribution in [3.05, 3.63) is 34.3 Å². The fraction of sp³-hybridized carbons (Fsp3) is 0.625. The van der Waals surface area contributed by atoms with Crippen molar-refractivity contribution in [2.75, 3.05) is 18.1 Å². The van der Waals surface area contributed by atoms with E-state index in [4.69, 9.17) is 0 Å². The Morgan fingerprint density at radius 2 is 2.05 bits per heavy atom. The predicted molar refractivity (Wildman–Crippen MR) is 91.2 cm³/mol. The van der Waals surface area contributed by atoms with Gasteiger partial charge in [-0.1, -0.05) is 48.0 Å². The van der Waals surface area contributed by atoms with E-state index in [1.54, 1.807) is 0 Å². The zero-order valence-corrected chi connectivity index (χ0v) is 15.1. The van der Waals surface area contributed by atoms with Crippen molar-refractivity contribution in [2.24, 2.45) is 11.8 Å². The topological polar surface area (TPSA) is 46.2 Å². The molecule has 1 N–H and O–H groups in total. The van der Waals surface area contributed by atoms with Crippen LogP contribution in [0.4, 0.5) is 0 Å². The lowest BCUT2D eigenvalue weighted by molar-refractivity contribution is 0.333. The smallest absolute Gasteiger partial charge is 0.150 e. The quantitative estimate of drug-likeness (QED) is 0.833. The van der Waals surface area contributed by atoms with Crippen molar-refractivity contribution in [2.45, 2.75) is 32.7 Å². The number of hydrogen-bond donors (Lipinski definition) is 1. The molecule has 1 fully saturated rings. The van der Waals surface area contributed by atoms with Gasteiger partial charge in [0, 0.05) is 10.5 Å². The molecule has 1 aromatic rings. The molecule has 118 valence electrons. The van der Waals surface area contributed by atoms with Crippen LogP contribution in [0.2, 0.25) is 0 Å². The van der Waals surface area contributed by atoms with Gasteiger partial charge >= 0.3 is 0 Å². The number of halogens is 1. The van der Waals surface area contributed by atoms with Gasteiger partial charge in [-0.2, -0.15) is 0 Å². The molecule has 5 heteroatoms. The van der Waals surface area contributed by atoms with Crippen LogP contribution >= 0.6 is 15.9 Å². The first-order valence-corrected chi connectivity index (χ1v) is 10.2. The van der Waals surface area contributed by atoms with Crippen molar-refractivity contribution < 1.29 is 8.42 Å². The van der Waals surface area contributed by atoms with Gasteiger partial charge < -0.3 is 5.32 Å². The van der Waals surface area contributed by atoms with Crippen LogP contribution in [0.1, 0.15) is 25.8 Å². The maximum Gasteiger partial charge on any atom is 0.150 e. The van der Waals surface area contributed by atoms with Gasteiger partial charge in [0.2, 0.25) is 0 Å². The summed E-state index contributed by atoms with van der Waals surface area (Å²) in [6, 6.07) is 8.64. The van der Waals surface area contributed by atoms with Crippen LogP contribution in [0.25, 0.3) is 0 Å². The Balaban J connectivity index is 2.11. The van der Waals surface area contributed by atoms with Gasteiger partial charge in [-0.05, 0) is 42.9 Å². The second kappa shape index (κ2) is 7.25. The molecule has 2 unspecified atom stereocenters. The largest absolute Gasteiger partial charge is 0.314 e. The van der Waals surface area contributed by atoms with Crippen molar-refractivity contribution in [3.63, 3.8) is 0 Å². The van der Waals surface area contributed by atoms with E-state index in [2.05, 4.69) is 41.2 Å². The zero-order valence-electron chi connectivity index (χ0n) is 12.7. The highest BCUT2D eigenvalue weighted by atomic mass is 79.9. The van der Waals surface area contributed by atoms with Gasteiger partial charge in [-0.25, -0.2) is 8.42 Å². The van der Waals surface area contributed by atoms with Gasteiger partial charge in [0.1, 0.15) is 0 Å². The molecule has 1 aromatic carbocycles. The van der Waals surface area contributed by atoms with Crippen molar-refractivity contribution in [1.29, 1.82) is 0 Å². The molecular formula is C16H24BrNO2S. The van der Waals surface area contributed by atoms with Gasteiger partial charge in [0.15, 0.2) is 9.84 Å². The van der Waals surface area contributed by atoms with E-state index in [0.29, 0.717) is 23.5 Å². The van der Waals surface area contributed by atoms with Crippen LogP contribution in [0.3, 0.4) is 0 Å². The van der Waals surface area contributed by atoms with Crippen LogP contribution < -0.4 is 5.32 Å². The molecular weight excluding hydrogens is 350 g/mol. The lowest BCUT2D eigenvalue weighted by Crippen LogP contribution is -2.34. The van der Waals surface area contributed by atoms with Gasteiger partial charge in [-0.3, -0.25) is 0 Å². The maximum absolute atomic E-state index is 11.8. The fourth-order valence-corrected chi connectivity index (χ4v) is 5.30. The minimum absolute atomic E-state index is 0.272. The van der Waals surface area contributed by atoms with Gasteiger partial charge in [0.25, 0.3) is 0 Å². The molecule has 2 rings (SSSR count). The van der Waals surface area contributed by atoms with E-state index in [1.807, 2.05) is 18.2 Å². The summed E-state index contributed by atoms with van der Waals surface area (Å²) in [7, 11) is -2.82. The molecule has 0 aliphatic carbocycles. The summed E-state index contributed by atoms with van der Waals surface area (Å²) in [5.41, 5.74) is 1.26. The third-order valence-electron chi connectivity index (χ3n) is 4.16. The van der Waals surface area contributed by atoms with E-state index in [1.165, 1.54) is 5.56 Å². The molecule has 1 aliphatic rings. The first kappa shape index (κ1) is 17.0. The summed E-state index contributed by atoms with van der Waals surface area (Å²) in [6.45, 7) is 5.13. The minimum atomic E-state index is -2.82. The van der Waals surface area contributed by atoms with Crippen molar-refractivity contribution in [1.82, 2.24) is 5.32 Å². The van der Waals surface area contributed by atoms with E-state index in [-0.39, 0.29) is 5.92 Å². The maximum atomic E-state index is 11.8. The van der Waals surface area contributed by atoms with Crippen molar-refractivity contribution >= 4 is 25.8 Å². The Kier molecular flexibility index (Phi) is 5.86. The average Bonchev–Trinajstić information content (AvgIpc) is 2.76. The summed E-state index contributed by atoms with van der Waals surface area (Å²) in [4.78, 5) is 0. The lowest BCUT2D eigenvalue weighted by atomic mass is 9.86. The molecule has 0 bridgehead atoms. The van der Waals surface area contributed by atoms with Crippen LogP contribution in [0.5, 0.6) is 0 Å². The number of sulfone groups is 1. The molecule has 1 saturated heterocycles. The van der Waals surface area contributed by atoms with Gasteiger partial charge in [0.05, 0.1) is 11.5 Å². The molecule has 2 atom stereocenters. The number of hydrogen-bond acceptors (Lipinski definition) is 3. The van der Waals surface area contributed by atoms with Crippen LogP contribution in [0.15, 0.2) is 28.7 Å². The Morgan fingerprint density at radius 1 is 1.33 bits per heavy atom. The monoisotopic (exact) mass is 373 g/mol. The highest BCUT2D eigenvalue weighted by Gasteiger charge is 2.33. The Hall–Kier alpha value is -0.390. The molecule has 1 heterocycles. The second-order valence-corrected chi connectivity index (χ2v) is 9.36. The molecule has 21 heavy (non-hydrogen) atoms. The summed E-state index contributed by atoms with van der Waals surface area (Å²) in [5.74, 6) is 1.34. The first-order chi connectivity index (χ1) is 9.87. The first-order valence-electron chi connectivity index (χ1n) is 7.54. The molecule has 1 aliphatic heterocycles. The summed E-state index contributed by atoms with van der Waals surface area (Å²) in [5, 5.41) is 3.48. The summed E-state index contributed by atoms with van der Waals surface area (Å²) < 4.78 is 24.7. The Morgan fingerprint density at radius 3 is 2.62 bits per heavy atom. The molecule has 0 aromatic heterocycles. The van der Waals surface area contributed by atoms with E-state index in [0.717, 1.165) is 23.9 Å². The average molecular weight is 374 g/mol. The summed E-state index contributed by atoms with van der Waals surface area (Å²) in [6.07, 6.45) is 1.72. The highest BCUT2D eigenvalue weighted by Crippen LogP contribution is 2.30. The molecule has 0 radical (unpaired) electrons. The van der Waals surface area contributed by atoms with Crippen molar-refractivity contribution in [3.8, 4) is 0 Å². The van der Waals surface area contributed by atoms with Crippen LogP contribution in [0, 0.1) is 11.8 Å². The second-order valence-electron chi connectivity index (χ2n) is 6.28. The highest BCUT2D eigenvalue weighted by molar-refractivity contribution is 9.10. The third-order valence-corrected chi connectivity index (χ3v) is 6.73. The lowest BCUT2D eigenvalue weighted by Gasteiger charge is -2.25. The normalized spacial score (nSPS) is 22.6. The molecule has 0 spiro atoms. The standard InChI is InChI=1S/C16H24BrNO2S/c1-12(2)18-10-15(14-7-8-21(19,20)11-14)9-13-5-3-4-6-16(13)17/h3-6,12,14-15,18H,7-11H2,1-2H3. The Bertz CT molecular complexity index is 571. The SMILES string of the molecule is CC(C)NCC(Cc1ccccc1Br)C1CCS(=O)(=O)C1. The Labute approximate surface area is 136 Å². The number of rotatable bonds is 6. The summed E-state index contributed by atoms with van der Waals surface area (Å²) >= 11 is 3.60. The van der Waals surface area contributed by atoms with E-state index < -0.39 is 9.84 Å². The minimum Gasteiger partial charge on any atom is -0.314 e. The van der Waals surface area contributed by atoms with Crippen LogP contribution in [-0.2, 0) is 16.3 Å². The van der Waals surface area contributed by atoms with E-state index >= 15 is 0 Å². The molecule has 0 amide bonds. The molecule has 0 saturated carbocycles. The fourth-order valence-electron chi connectivity index (χ4n) is 2.93. The van der Waals surface area contributed by atoms with Crippen LogP contribution in [-0.4, -0.2) is 32.5 Å². The third kappa shape index (κ3) is 5.08. The zero-order chi connectivity index (χ0) is 15.5. The number of benzene rings is 1. The molecule has 3 nitrogen and oxygen atoms in total.